The van der Waals surface area contributed by atoms with E-state index < -0.39 is 24.0 Å². The number of aliphatic carboxylic acids is 1. The van der Waals surface area contributed by atoms with Crippen molar-refractivity contribution in [1.82, 2.24) is 10.6 Å². The lowest BCUT2D eigenvalue weighted by Crippen LogP contribution is -2.48. The minimum absolute atomic E-state index is 0.0220. The van der Waals surface area contributed by atoms with Gasteiger partial charge in [-0.1, -0.05) is 78.9 Å². The van der Waals surface area contributed by atoms with Gasteiger partial charge in [0.05, 0.1) is 6.42 Å². The molecule has 0 saturated carbocycles. The van der Waals surface area contributed by atoms with E-state index in [4.69, 9.17) is 9.84 Å². The van der Waals surface area contributed by atoms with Gasteiger partial charge in [-0.25, -0.2) is 4.79 Å². The lowest BCUT2D eigenvalue weighted by molar-refractivity contribution is -0.137. The molecule has 0 bridgehead atoms. The number of carbonyl (C=O) groups excluding carboxylic acids is 2. The third-order valence-electron chi connectivity index (χ3n) is 5.87. The van der Waals surface area contributed by atoms with Crippen LogP contribution < -0.4 is 10.6 Å². The number of fused-ring (bicyclic) bond motifs is 3. The number of hydrogen-bond acceptors (Lipinski definition) is 4. The van der Waals surface area contributed by atoms with Gasteiger partial charge in [0.25, 0.3) is 0 Å². The summed E-state index contributed by atoms with van der Waals surface area (Å²) in [5.41, 5.74) is 5.33. The van der Waals surface area contributed by atoms with Crippen LogP contribution >= 0.6 is 0 Å². The first-order valence-corrected chi connectivity index (χ1v) is 11.2. The van der Waals surface area contributed by atoms with Crippen LogP contribution in [0.25, 0.3) is 11.1 Å². The van der Waals surface area contributed by atoms with E-state index in [0.717, 1.165) is 27.8 Å². The van der Waals surface area contributed by atoms with Crippen LogP contribution in [0.3, 0.4) is 0 Å². The first-order valence-electron chi connectivity index (χ1n) is 11.2. The molecule has 3 aromatic rings. The lowest BCUT2D eigenvalue weighted by atomic mass is 9.98. The van der Waals surface area contributed by atoms with Crippen LogP contribution in [0.15, 0.2) is 78.9 Å². The number of carboxylic acid groups (broad SMARTS) is 1. The molecule has 0 saturated heterocycles. The van der Waals surface area contributed by atoms with Crippen molar-refractivity contribution in [3.63, 3.8) is 0 Å². The van der Waals surface area contributed by atoms with E-state index >= 15 is 0 Å². The van der Waals surface area contributed by atoms with Gasteiger partial charge < -0.3 is 20.5 Å². The fourth-order valence-corrected chi connectivity index (χ4v) is 4.26. The molecule has 174 valence electrons. The van der Waals surface area contributed by atoms with E-state index in [1.807, 2.05) is 66.7 Å². The largest absolute Gasteiger partial charge is 0.481 e. The van der Waals surface area contributed by atoms with Crippen LogP contribution in [-0.2, 0) is 20.7 Å². The zero-order valence-corrected chi connectivity index (χ0v) is 18.6. The summed E-state index contributed by atoms with van der Waals surface area (Å²) >= 11 is 0. The molecule has 0 fully saturated rings. The predicted molar refractivity (Wildman–Crippen MR) is 127 cm³/mol. The Hall–Kier alpha value is -4.13. The van der Waals surface area contributed by atoms with E-state index in [1.54, 1.807) is 0 Å². The van der Waals surface area contributed by atoms with Crippen molar-refractivity contribution in [2.75, 3.05) is 13.2 Å². The second kappa shape index (κ2) is 10.7. The molecule has 7 nitrogen and oxygen atoms in total. The smallest absolute Gasteiger partial charge is 0.407 e. The third kappa shape index (κ3) is 5.43. The fraction of sp³-hybridized carbons (Fsp3) is 0.222. The molecule has 0 spiro atoms. The van der Waals surface area contributed by atoms with Crippen molar-refractivity contribution in [2.24, 2.45) is 0 Å². The highest BCUT2D eigenvalue weighted by Crippen LogP contribution is 2.44. The SMILES string of the molecule is O=C(O)CCNC(=O)C(Cc1ccccc1)NC(=O)OCC1c2ccccc2-c2ccccc21. The summed E-state index contributed by atoms with van der Waals surface area (Å²) in [6.07, 6.45) is -0.644. The Kier molecular flexibility index (Phi) is 7.22. The number of nitrogens with one attached hydrogen (secondary N) is 2. The molecule has 1 aliphatic rings. The van der Waals surface area contributed by atoms with Crippen molar-refractivity contribution in [3.8, 4) is 11.1 Å². The summed E-state index contributed by atoms with van der Waals surface area (Å²) in [4.78, 5) is 36.1. The molecule has 7 heteroatoms. The summed E-state index contributed by atoms with van der Waals surface area (Å²) < 4.78 is 5.58. The van der Waals surface area contributed by atoms with Gasteiger partial charge in [0.1, 0.15) is 12.6 Å². The number of benzene rings is 3. The van der Waals surface area contributed by atoms with Crippen molar-refractivity contribution >= 4 is 18.0 Å². The molecule has 1 atom stereocenters. The van der Waals surface area contributed by atoms with Gasteiger partial charge in [-0.2, -0.15) is 0 Å². The van der Waals surface area contributed by atoms with Crippen molar-refractivity contribution < 1.29 is 24.2 Å². The maximum absolute atomic E-state index is 12.7. The molecule has 1 unspecified atom stereocenters. The zero-order valence-electron chi connectivity index (χ0n) is 18.6. The normalized spacial score (nSPS) is 12.8. The van der Waals surface area contributed by atoms with Gasteiger partial charge in [0, 0.05) is 18.9 Å². The Morgan fingerprint density at radius 1 is 0.853 bits per heavy atom. The second-order valence-electron chi connectivity index (χ2n) is 8.15. The molecule has 0 radical (unpaired) electrons. The Balaban J connectivity index is 1.42. The number of rotatable bonds is 9. The first kappa shape index (κ1) is 23.0. The molecule has 0 aromatic heterocycles. The Morgan fingerprint density at radius 3 is 2.06 bits per heavy atom. The topological polar surface area (TPSA) is 105 Å². The van der Waals surface area contributed by atoms with E-state index in [1.165, 1.54) is 0 Å². The van der Waals surface area contributed by atoms with Gasteiger partial charge in [-0.05, 0) is 27.8 Å². The van der Waals surface area contributed by atoms with Crippen LogP contribution in [0.4, 0.5) is 4.79 Å². The van der Waals surface area contributed by atoms with Gasteiger partial charge in [0.2, 0.25) is 5.91 Å². The number of hydrogen-bond donors (Lipinski definition) is 3. The maximum Gasteiger partial charge on any atom is 0.407 e. The Morgan fingerprint density at radius 2 is 1.44 bits per heavy atom. The molecule has 34 heavy (non-hydrogen) atoms. The predicted octanol–water partition coefficient (Wildman–Crippen LogP) is 3.73. The van der Waals surface area contributed by atoms with Crippen molar-refractivity contribution in [2.45, 2.75) is 24.8 Å². The summed E-state index contributed by atoms with van der Waals surface area (Å²) in [7, 11) is 0. The summed E-state index contributed by atoms with van der Waals surface area (Å²) in [5.74, 6) is -1.56. The third-order valence-corrected chi connectivity index (χ3v) is 5.87. The van der Waals surface area contributed by atoms with Crippen LogP contribution in [0.2, 0.25) is 0 Å². The van der Waals surface area contributed by atoms with E-state index in [-0.39, 0.29) is 31.9 Å². The monoisotopic (exact) mass is 458 g/mol. The number of carboxylic acids is 1. The highest BCUT2D eigenvalue weighted by Gasteiger charge is 2.29. The maximum atomic E-state index is 12.7. The first-order chi connectivity index (χ1) is 16.5. The minimum Gasteiger partial charge on any atom is -0.481 e. The average Bonchev–Trinajstić information content (AvgIpc) is 3.16. The molecule has 2 amide bonds. The van der Waals surface area contributed by atoms with Gasteiger partial charge >= 0.3 is 12.1 Å². The fourth-order valence-electron chi connectivity index (χ4n) is 4.26. The van der Waals surface area contributed by atoms with Crippen LogP contribution in [-0.4, -0.2) is 42.3 Å². The number of carbonyl (C=O) groups is 3. The molecule has 3 N–H and O–H groups in total. The van der Waals surface area contributed by atoms with Crippen molar-refractivity contribution in [3.05, 3.63) is 95.6 Å². The molecular weight excluding hydrogens is 432 g/mol. The number of alkyl carbamates (subject to hydrolysis) is 1. The van der Waals surface area contributed by atoms with E-state index in [9.17, 15) is 14.4 Å². The average molecular weight is 459 g/mol. The second-order valence-corrected chi connectivity index (χ2v) is 8.15. The quantitative estimate of drug-likeness (QED) is 0.453. The molecule has 1 aliphatic carbocycles. The molecule has 0 aliphatic heterocycles. The Labute approximate surface area is 197 Å². The number of amides is 2. The van der Waals surface area contributed by atoms with Gasteiger partial charge in [-0.15, -0.1) is 0 Å². The van der Waals surface area contributed by atoms with Gasteiger partial charge in [-0.3, -0.25) is 9.59 Å². The molecular formula is C27H26N2O5. The zero-order chi connectivity index (χ0) is 23.9. The van der Waals surface area contributed by atoms with E-state index in [2.05, 4.69) is 22.8 Å². The van der Waals surface area contributed by atoms with E-state index in [0.29, 0.717) is 0 Å². The Bertz CT molecular complexity index is 1130. The molecule has 0 heterocycles. The lowest BCUT2D eigenvalue weighted by Gasteiger charge is -2.20. The van der Waals surface area contributed by atoms with Crippen LogP contribution in [0.5, 0.6) is 0 Å². The molecule has 3 aromatic carbocycles. The van der Waals surface area contributed by atoms with Crippen LogP contribution in [0.1, 0.15) is 29.0 Å². The minimum atomic E-state index is -1.01. The summed E-state index contributed by atoms with van der Waals surface area (Å²) in [5, 5.41) is 14.0. The summed E-state index contributed by atoms with van der Waals surface area (Å²) in [6, 6.07) is 24.5. The molecule has 4 rings (SSSR count). The van der Waals surface area contributed by atoms with Crippen LogP contribution in [0, 0.1) is 0 Å². The van der Waals surface area contributed by atoms with Crippen molar-refractivity contribution in [1.29, 1.82) is 0 Å². The van der Waals surface area contributed by atoms with Gasteiger partial charge in [0.15, 0.2) is 0 Å². The highest BCUT2D eigenvalue weighted by atomic mass is 16.5. The summed E-state index contributed by atoms with van der Waals surface area (Å²) in [6.45, 7) is 0.115. The highest BCUT2D eigenvalue weighted by molar-refractivity contribution is 5.86. The standard InChI is InChI=1S/C27H26N2O5/c30-25(31)14-15-28-26(32)24(16-18-8-2-1-3-9-18)29-27(33)34-17-23-21-12-6-4-10-19(21)20-11-5-7-13-22(20)23/h1-13,23-24H,14-17H2,(H,28,32)(H,29,33)(H,30,31). The number of ether oxygens (including phenoxy) is 1.